The van der Waals surface area contributed by atoms with Gasteiger partial charge in [0.1, 0.15) is 11.6 Å². The highest BCUT2D eigenvalue weighted by Crippen LogP contribution is 2.30. The van der Waals surface area contributed by atoms with E-state index in [1.165, 1.54) is 12.3 Å². The molecule has 0 radical (unpaired) electrons. The van der Waals surface area contributed by atoms with Crippen molar-refractivity contribution in [3.8, 4) is 0 Å². The van der Waals surface area contributed by atoms with Gasteiger partial charge in [-0.15, -0.1) is 0 Å². The third kappa shape index (κ3) is 4.44. The van der Waals surface area contributed by atoms with Crippen molar-refractivity contribution >= 4 is 17.3 Å². The Morgan fingerprint density at radius 3 is 2.70 bits per heavy atom. The molecule has 0 unspecified atom stereocenters. The molecule has 1 fully saturated rings. The van der Waals surface area contributed by atoms with E-state index < -0.39 is 0 Å². The molecule has 0 aliphatic carbocycles. The molecule has 4 aromatic rings. The fourth-order valence-corrected chi connectivity index (χ4v) is 4.28. The summed E-state index contributed by atoms with van der Waals surface area (Å²) in [7, 11) is 0. The highest BCUT2D eigenvalue weighted by atomic mass is 19.1. The lowest BCUT2D eigenvalue weighted by Gasteiger charge is -2.26. The maximum atomic E-state index is 13.4. The molecule has 4 aromatic heterocycles. The average molecular weight is 451 g/mol. The predicted molar refractivity (Wildman–Crippen MR) is 122 cm³/mol. The van der Waals surface area contributed by atoms with Crippen molar-refractivity contribution in [1.29, 1.82) is 0 Å². The topological polar surface area (TPSA) is 96.3 Å². The van der Waals surface area contributed by atoms with Gasteiger partial charge in [0.05, 0.1) is 30.8 Å². The van der Waals surface area contributed by atoms with Crippen molar-refractivity contribution in [2.24, 2.45) is 0 Å². The number of ether oxygens (including phenoxy) is 1. The van der Waals surface area contributed by atoms with Crippen molar-refractivity contribution in [3.63, 3.8) is 0 Å². The van der Waals surface area contributed by atoms with Crippen LogP contribution >= 0.6 is 0 Å². The molecule has 0 aromatic carbocycles. The third-order valence-corrected chi connectivity index (χ3v) is 5.96. The summed E-state index contributed by atoms with van der Waals surface area (Å²) in [4.78, 5) is 11.6. The molecule has 5 heterocycles. The Morgan fingerprint density at radius 2 is 2.00 bits per heavy atom. The second-order valence-electron chi connectivity index (χ2n) is 8.44. The molecular formula is C23H27FN8O. The molecule has 0 spiro atoms. The van der Waals surface area contributed by atoms with Crippen molar-refractivity contribution < 1.29 is 9.13 Å². The number of morpholine rings is 1. The fourth-order valence-electron chi connectivity index (χ4n) is 4.28. The smallest absolute Gasteiger partial charge is 0.161 e. The van der Waals surface area contributed by atoms with Crippen molar-refractivity contribution in [2.45, 2.75) is 33.2 Å². The molecule has 1 aliphatic heterocycles. The van der Waals surface area contributed by atoms with Crippen LogP contribution in [0.4, 0.5) is 16.0 Å². The van der Waals surface area contributed by atoms with Gasteiger partial charge in [0.15, 0.2) is 11.5 Å². The number of anilines is 2. The number of aromatic amines is 1. The first-order chi connectivity index (χ1) is 16.0. The molecule has 2 N–H and O–H groups in total. The van der Waals surface area contributed by atoms with E-state index in [0.29, 0.717) is 11.6 Å². The van der Waals surface area contributed by atoms with Gasteiger partial charge in [0.2, 0.25) is 0 Å². The van der Waals surface area contributed by atoms with Crippen LogP contribution < -0.4 is 5.32 Å². The van der Waals surface area contributed by atoms with Crippen LogP contribution in [0.2, 0.25) is 0 Å². The van der Waals surface area contributed by atoms with Crippen molar-refractivity contribution in [1.82, 2.24) is 34.7 Å². The van der Waals surface area contributed by atoms with Gasteiger partial charge in [-0.2, -0.15) is 10.2 Å². The lowest BCUT2D eigenvalue weighted by atomic mass is 9.97. The van der Waals surface area contributed by atoms with E-state index in [-0.39, 0.29) is 11.7 Å². The summed E-state index contributed by atoms with van der Waals surface area (Å²) in [5.74, 6) is 0.939. The molecule has 33 heavy (non-hydrogen) atoms. The minimum Gasteiger partial charge on any atom is -0.379 e. The number of nitrogens with one attached hydrogen (secondary N) is 2. The first kappa shape index (κ1) is 21.5. The first-order valence-electron chi connectivity index (χ1n) is 11.1. The third-order valence-electron chi connectivity index (χ3n) is 5.96. The van der Waals surface area contributed by atoms with E-state index in [1.807, 2.05) is 37.4 Å². The van der Waals surface area contributed by atoms with Crippen molar-refractivity contribution in [2.75, 3.05) is 31.6 Å². The van der Waals surface area contributed by atoms with Gasteiger partial charge >= 0.3 is 0 Å². The summed E-state index contributed by atoms with van der Waals surface area (Å²) in [5.41, 5.74) is 5.35. The Morgan fingerprint density at radius 1 is 1.18 bits per heavy atom. The highest BCUT2D eigenvalue weighted by molar-refractivity contribution is 5.61. The van der Waals surface area contributed by atoms with Gasteiger partial charge in [-0.3, -0.25) is 15.0 Å². The number of rotatable bonds is 6. The molecule has 0 amide bonds. The normalized spacial score (nSPS) is 15.8. The minimum absolute atomic E-state index is 0.102. The largest absolute Gasteiger partial charge is 0.379 e. The highest BCUT2D eigenvalue weighted by Gasteiger charge is 2.23. The summed E-state index contributed by atoms with van der Waals surface area (Å²) in [6, 6.07) is 7.10. The number of pyridine rings is 1. The monoisotopic (exact) mass is 450 g/mol. The molecular weight excluding hydrogens is 423 g/mol. The number of H-pyrrole nitrogens is 1. The van der Waals surface area contributed by atoms with Crippen molar-refractivity contribution in [3.05, 3.63) is 64.6 Å². The van der Waals surface area contributed by atoms with Crippen LogP contribution in [0.15, 0.2) is 30.5 Å². The van der Waals surface area contributed by atoms with E-state index in [1.54, 1.807) is 6.07 Å². The predicted octanol–water partition coefficient (Wildman–Crippen LogP) is 3.33. The quantitative estimate of drug-likeness (QED) is 0.465. The fraction of sp³-hybridized carbons (Fsp3) is 0.391. The molecule has 1 aliphatic rings. The number of hydrogen-bond donors (Lipinski definition) is 2. The Hall–Kier alpha value is -3.37. The Bertz CT molecular complexity index is 1260. The van der Waals surface area contributed by atoms with E-state index in [0.717, 1.165) is 66.8 Å². The molecule has 9 nitrogen and oxygen atoms in total. The van der Waals surface area contributed by atoms with Gasteiger partial charge < -0.3 is 10.1 Å². The molecule has 1 saturated heterocycles. The second-order valence-corrected chi connectivity index (χ2v) is 8.44. The maximum absolute atomic E-state index is 13.4. The van der Waals surface area contributed by atoms with Gasteiger partial charge in [-0.05, 0) is 26.0 Å². The van der Waals surface area contributed by atoms with E-state index in [9.17, 15) is 4.39 Å². The summed E-state index contributed by atoms with van der Waals surface area (Å²) in [6.45, 7) is 9.89. The van der Waals surface area contributed by atoms with Crippen LogP contribution in [0.5, 0.6) is 0 Å². The maximum Gasteiger partial charge on any atom is 0.161 e. The van der Waals surface area contributed by atoms with Gasteiger partial charge in [-0.1, -0.05) is 6.92 Å². The number of aryl methyl sites for hydroxylation is 2. The van der Waals surface area contributed by atoms with Gasteiger partial charge in [0, 0.05) is 54.6 Å². The Kier molecular flexibility index (Phi) is 5.77. The molecule has 172 valence electrons. The van der Waals surface area contributed by atoms with Crippen LogP contribution in [-0.2, 0) is 11.3 Å². The number of nitrogens with zero attached hydrogens (tertiary/aromatic N) is 6. The summed E-state index contributed by atoms with van der Waals surface area (Å²) in [5, 5.41) is 15.4. The second kappa shape index (κ2) is 8.87. The average Bonchev–Trinajstić information content (AvgIpc) is 3.36. The molecule has 0 bridgehead atoms. The number of fused-ring (bicyclic) bond motifs is 1. The van der Waals surface area contributed by atoms with E-state index in [2.05, 4.69) is 25.4 Å². The van der Waals surface area contributed by atoms with Crippen LogP contribution in [0.3, 0.4) is 0 Å². The standard InChI is InChI=1S/C23H27FN8O/c1-14-10-21(29-28-14)26-20-11-18(13-31-6-8-33-9-7-31)32-23(27-20)22(16(3)30-32)15(2)19-5-4-17(24)12-25-19/h4-5,10-12,15H,6-9,13H2,1-3H3,(H2,26,27,28,29)/t15-/m0/s1. The number of halogens is 1. The SMILES string of the molecule is Cc1cc(Nc2cc(CN3CCOCC3)n3nc(C)c([C@@H](C)c4ccc(F)cn4)c3n2)n[nH]1. The molecule has 1 atom stereocenters. The Labute approximate surface area is 191 Å². The van der Waals surface area contributed by atoms with E-state index in [4.69, 9.17) is 14.8 Å². The molecule has 5 rings (SSSR count). The van der Waals surface area contributed by atoms with Gasteiger partial charge in [0.25, 0.3) is 0 Å². The summed E-state index contributed by atoms with van der Waals surface area (Å²) in [6.07, 6.45) is 1.25. The van der Waals surface area contributed by atoms with Crippen LogP contribution in [-0.4, -0.2) is 61.0 Å². The zero-order valence-corrected chi connectivity index (χ0v) is 19.0. The number of aromatic nitrogens is 6. The lowest BCUT2D eigenvalue weighted by molar-refractivity contribution is 0.0334. The zero-order valence-electron chi connectivity index (χ0n) is 19.0. The molecule has 0 saturated carbocycles. The van der Waals surface area contributed by atoms with Crippen LogP contribution in [0.1, 0.15) is 41.2 Å². The summed E-state index contributed by atoms with van der Waals surface area (Å²) >= 11 is 0. The van der Waals surface area contributed by atoms with Crippen LogP contribution in [0, 0.1) is 19.7 Å². The lowest BCUT2D eigenvalue weighted by Crippen LogP contribution is -2.36. The zero-order chi connectivity index (χ0) is 22.9. The number of hydrogen-bond acceptors (Lipinski definition) is 7. The molecule has 10 heteroatoms. The minimum atomic E-state index is -0.353. The Balaban J connectivity index is 1.59. The summed E-state index contributed by atoms with van der Waals surface area (Å²) < 4.78 is 20.9. The first-order valence-corrected chi connectivity index (χ1v) is 11.1. The van der Waals surface area contributed by atoms with Crippen LogP contribution in [0.25, 0.3) is 5.65 Å². The van der Waals surface area contributed by atoms with Gasteiger partial charge in [-0.25, -0.2) is 13.9 Å². The van der Waals surface area contributed by atoms with E-state index >= 15 is 0 Å².